The predicted molar refractivity (Wildman–Crippen MR) is 78.0 cm³/mol. The molecule has 1 aliphatic rings. The van der Waals surface area contributed by atoms with Gasteiger partial charge in [-0.25, -0.2) is 13.1 Å². The van der Waals surface area contributed by atoms with Crippen LogP contribution in [-0.2, 0) is 14.8 Å². The lowest BCUT2D eigenvalue weighted by Gasteiger charge is -2.42. The Labute approximate surface area is 120 Å². The maximum Gasteiger partial charge on any atom is 0.241 e. The third-order valence-electron chi connectivity index (χ3n) is 3.66. The Balaban J connectivity index is 2.18. The van der Waals surface area contributed by atoms with Gasteiger partial charge in [0.25, 0.3) is 0 Å². The molecule has 20 heavy (non-hydrogen) atoms. The lowest BCUT2D eigenvalue weighted by atomic mass is 9.84. The number of rotatable bonds is 5. The number of ether oxygens (including phenoxy) is 1. The van der Waals surface area contributed by atoms with Gasteiger partial charge in [-0.3, -0.25) is 0 Å². The first kappa shape index (κ1) is 15.4. The summed E-state index contributed by atoms with van der Waals surface area (Å²) in [5.74, 6) is 0. The van der Waals surface area contributed by atoms with Gasteiger partial charge in [0.05, 0.1) is 17.0 Å². The fourth-order valence-electron chi connectivity index (χ4n) is 2.53. The van der Waals surface area contributed by atoms with Crippen molar-refractivity contribution >= 4 is 10.0 Å². The monoisotopic (exact) mass is 298 g/mol. The highest BCUT2D eigenvalue weighted by atomic mass is 32.2. The first-order valence-electron chi connectivity index (χ1n) is 6.82. The standard InChI is InChI=1S/C14H22N2O3S/c1-4-19-12-8-11(15)14(12)16-20(17,18)13-6-5-9(2)7-10(13)3/h5-7,11-12,14,16H,4,8,15H2,1-3H3. The Kier molecular flexibility index (Phi) is 4.49. The van der Waals surface area contributed by atoms with Crippen molar-refractivity contribution < 1.29 is 13.2 Å². The zero-order valence-electron chi connectivity index (χ0n) is 12.1. The zero-order valence-corrected chi connectivity index (χ0v) is 12.9. The first-order chi connectivity index (χ1) is 9.35. The smallest absolute Gasteiger partial charge is 0.241 e. The van der Waals surface area contributed by atoms with Gasteiger partial charge in [0, 0.05) is 12.6 Å². The van der Waals surface area contributed by atoms with Crippen LogP contribution in [0.1, 0.15) is 24.5 Å². The molecule has 1 aromatic rings. The van der Waals surface area contributed by atoms with Crippen LogP contribution >= 0.6 is 0 Å². The summed E-state index contributed by atoms with van der Waals surface area (Å²) in [6.07, 6.45) is 0.559. The van der Waals surface area contributed by atoms with E-state index in [2.05, 4.69) is 4.72 Å². The maximum absolute atomic E-state index is 12.4. The van der Waals surface area contributed by atoms with Crippen molar-refractivity contribution in [2.24, 2.45) is 5.73 Å². The summed E-state index contributed by atoms with van der Waals surface area (Å²) < 4.78 is 33.0. The number of aryl methyl sites for hydroxylation is 2. The van der Waals surface area contributed by atoms with Gasteiger partial charge in [-0.2, -0.15) is 0 Å². The molecule has 0 aromatic heterocycles. The summed E-state index contributed by atoms with van der Waals surface area (Å²) >= 11 is 0. The predicted octanol–water partition coefficient (Wildman–Crippen LogP) is 1.09. The third kappa shape index (κ3) is 3.03. The number of nitrogens with one attached hydrogen (secondary N) is 1. The van der Waals surface area contributed by atoms with Crippen LogP contribution in [0.3, 0.4) is 0 Å². The van der Waals surface area contributed by atoms with E-state index in [1.54, 1.807) is 19.1 Å². The fraction of sp³-hybridized carbons (Fsp3) is 0.571. The topological polar surface area (TPSA) is 81.4 Å². The SMILES string of the molecule is CCOC1CC(N)C1NS(=O)(=O)c1ccc(C)cc1C. The highest BCUT2D eigenvalue weighted by Gasteiger charge is 2.42. The molecule has 0 bridgehead atoms. The second-order valence-corrected chi connectivity index (χ2v) is 6.99. The van der Waals surface area contributed by atoms with E-state index in [0.717, 1.165) is 11.1 Å². The van der Waals surface area contributed by atoms with E-state index in [1.807, 2.05) is 19.9 Å². The Hall–Kier alpha value is -0.950. The molecule has 3 unspecified atom stereocenters. The largest absolute Gasteiger partial charge is 0.377 e. The third-order valence-corrected chi connectivity index (χ3v) is 5.28. The Morgan fingerprint density at radius 2 is 2.10 bits per heavy atom. The van der Waals surface area contributed by atoms with Crippen molar-refractivity contribution in [3.63, 3.8) is 0 Å². The molecule has 0 heterocycles. The van der Waals surface area contributed by atoms with E-state index < -0.39 is 10.0 Å². The van der Waals surface area contributed by atoms with Crippen LogP contribution in [0.15, 0.2) is 23.1 Å². The fourth-order valence-corrected chi connectivity index (χ4v) is 4.08. The summed E-state index contributed by atoms with van der Waals surface area (Å²) in [6.45, 7) is 6.17. The summed E-state index contributed by atoms with van der Waals surface area (Å²) in [5.41, 5.74) is 7.65. The van der Waals surface area contributed by atoms with Gasteiger partial charge in [-0.15, -0.1) is 0 Å². The lowest BCUT2D eigenvalue weighted by molar-refractivity contribution is -0.0248. The van der Waals surface area contributed by atoms with Crippen LogP contribution in [0.2, 0.25) is 0 Å². The molecule has 5 nitrogen and oxygen atoms in total. The van der Waals surface area contributed by atoms with E-state index in [0.29, 0.717) is 17.9 Å². The molecular formula is C14H22N2O3S. The van der Waals surface area contributed by atoms with E-state index in [-0.39, 0.29) is 18.2 Å². The van der Waals surface area contributed by atoms with Crippen LogP contribution in [0.25, 0.3) is 0 Å². The molecule has 6 heteroatoms. The highest BCUT2D eigenvalue weighted by Crippen LogP contribution is 2.25. The molecule has 0 spiro atoms. The number of nitrogens with two attached hydrogens (primary N) is 1. The van der Waals surface area contributed by atoms with Crippen molar-refractivity contribution in [3.8, 4) is 0 Å². The van der Waals surface area contributed by atoms with Crippen LogP contribution in [0.5, 0.6) is 0 Å². The van der Waals surface area contributed by atoms with Crippen molar-refractivity contribution in [2.45, 2.75) is 50.3 Å². The van der Waals surface area contributed by atoms with Crippen molar-refractivity contribution in [1.29, 1.82) is 0 Å². The van der Waals surface area contributed by atoms with Gasteiger partial charge in [0.2, 0.25) is 10.0 Å². The van der Waals surface area contributed by atoms with E-state index in [9.17, 15) is 8.42 Å². The molecule has 1 fully saturated rings. The summed E-state index contributed by atoms with van der Waals surface area (Å²) in [4.78, 5) is 0.303. The van der Waals surface area contributed by atoms with Gasteiger partial charge in [-0.1, -0.05) is 17.7 Å². The minimum atomic E-state index is -3.56. The number of hydrogen-bond acceptors (Lipinski definition) is 4. The molecule has 0 saturated heterocycles. The van der Waals surface area contributed by atoms with Gasteiger partial charge in [0.15, 0.2) is 0 Å². The van der Waals surface area contributed by atoms with Crippen molar-refractivity contribution in [1.82, 2.24) is 4.72 Å². The molecule has 3 atom stereocenters. The molecule has 3 N–H and O–H groups in total. The first-order valence-corrected chi connectivity index (χ1v) is 8.30. The normalized spacial score (nSPS) is 26.3. The van der Waals surface area contributed by atoms with Crippen LogP contribution < -0.4 is 10.5 Å². The van der Waals surface area contributed by atoms with Crippen LogP contribution in [0, 0.1) is 13.8 Å². The van der Waals surface area contributed by atoms with Crippen LogP contribution in [-0.4, -0.2) is 33.2 Å². The summed E-state index contributed by atoms with van der Waals surface area (Å²) in [5, 5.41) is 0. The Bertz CT molecular complexity index is 584. The number of benzene rings is 1. The average Bonchev–Trinajstić information content (AvgIpc) is 2.35. The highest BCUT2D eigenvalue weighted by molar-refractivity contribution is 7.89. The van der Waals surface area contributed by atoms with Gasteiger partial charge >= 0.3 is 0 Å². The molecule has 0 radical (unpaired) electrons. The van der Waals surface area contributed by atoms with Crippen molar-refractivity contribution in [3.05, 3.63) is 29.3 Å². The van der Waals surface area contributed by atoms with Crippen LogP contribution in [0.4, 0.5) is 0 Å². The second-order valence-electron chi connectivity index (χ2n) is 5.31. The lowest BCUT2D eigenvalue weighted by Crippen LogP contribution is -2.64. The minimum Gasteiger partial charge on any atom is -0.377 e. The average molecular weight is 298 g/mol. The Morgan fingerprint density at radius 1 is 1.40 bits per heavy atom. The van der Waals surface area contributed by atoms with Gasteiger partial charge in [0.1, 0.15) is 0 Å². The molecule has 1 aromatic carbocycles. The van der Waals surface area contributed by atoms with Gasteiger partial charge in [-0.05, 0) is 38.8 Å². The second kappa shape index (κ2) is 5.81. The molecule has 0 aliphatic heterocycles. The molecular weight excluding hydrogens is 276 g/mol. The molecule has 0 amide bonds. The quantitative estimate of drug-likeness (QED) is 0.852. The molecule has 1 saturated carbocycles. The molecule has 112 valence electrons. The summed E-state index contributed by atoms with van der Waals surface area (Å²) in [6, 6.07) is 4.75. The van der Waals surface area contributed by atoms with Crippen molar-refractivity contribution in [2.75, 3.05) is 6.61 Å². The number of sulfonamides is 1. The summed E-state index contributed by atoms with van der Waals surface area (Å²) in [7, 11) is -3.56. The Morgan fingerprint density at radius 3 is 2.65 bits per heavy atom. The number of hydrogen-bond donors (Lipinski definition) is 2. The maximum atomic E-state index is 12.4. The minimum absolute atomic E-state index is 0.129. The van der Waals surface area contributed by atoms with E-state index in [1.165, 1.54) is 0 Å². The molecule has 1 aliphatic carbocycles. The van der Waals surface area contributed by atoms with E-state index in [4.69, 9.17) is 10.5 Å². The zero-order chi connectivity index (χ0) is 14.9. The van der Waals surface area contributed by atoms with Gasteiger partial charge < -0.3 is 10.5 Å². The van der Waals surface area contributed by atoms with E-state index >= 15 is 0 Å². The molecule has 2 rings (SSSR count).